The SMILES string of the molecule is CC.CC.CCC(C)(C)OCC(C)(C)Nc1cccc2c1C(=O)N(C1CCCNC1=O)C2=O. The molecular weight excluding hydrogens is 418 g/mol. The number of carbonyl (C=O) groups excluding carboxylic acids is 3. The van der Waals surface area contributed by atoms with Gasteiger partial charge in [0, 0.05) is 12.2 Å². The first-order valence-electron chi connectivity index (χ1n) is 12.3. The fraction of sp³-hybridized carbons (Fsp3) is 0.654. The van der Waals surface area contributed by atoms with Crippen LogP contribution < -0.4 is 10.6 Å². The third-order valence-corrected chi connectivity index (χ3v) is 5.66. The summed E-state index contributed by atoms with van der Waals surface area (Å²) in [6, 6.07) is 4.45. The molecule has 186 valence electrons. The Bertz CT molecular complexity index is 833. The Hall–Kier alpha value is -2.41. The van der Waals surface area contributed by atoms with Crippen molar-refractivity contribution in [3.63, 3.8) is 0 Å². The summed E-state index contributed by atoms with van der Waals surface area (Å²) in [5.74, 6) is -1.09. The molecule has 1 aromatic rings. The van der Waals surface area contributed by atoms with Crippen LogP contribution in [-0.4, -0.2) is 53.0 Å². The van der Waals surface area contributed by atoms with Crippen molar-refractivity contribution < 1.29 is 19.1 Å². The second-order valence-corrected chi connectivity index (χ2v) is 9.07. The molecule has 0 radical (unpaired) electrons. The zero-order valence-electron chi connectivity index (χ0n) is 21.9. The Balaban J connectivity index is 0.00000129. The van der Waals surface area contributed by atoms with Crippen LogP contribution in [0.1, 0.15) is 102 Å². The molecule has 1 aromatic carbocycles. The molecule has 7 nitrogen and oxygen atoms in total. The molecule has 1 unspecified atom stereocenters. The van der Waals surface area contributed by atoms with Crippen molar-refractivity contribution in [3.8, 4) is 0 Å². The predicted molar refractivity (Wildman–Crippen MR) is 134 cm³/mol. The summed E-state index contributed by atoms with van der Waals surface area (Å²) in [4.78, 5) is 39.5. The molecule has 0 bridgehead atoms. The number of benzene rings is 1. The molecule has 3 amide bonds. The molecule has 0 saturated carbocycles. The lowest BCUT2D eigenvalue weighted by Gasteiger charge is -2.33. The molecule has 7 heteroatoms. The summed E-state index contributed by atoms with van der Waals surface area (Å²) in [5, 5.41) is 6.12. The fourth-order valence-electron chi connectivity index (χ4n) is 3.57. The van der Waals surface area contributed by atoms with Crippen LogP contribution in [0, 0.1) is 0 Å². The second-order valence-electron chi connectivity index (χ2n) is 9.07. The largest absolute Gasteiger partial charge is 0.377 e. The molecular formula is C26H43N3O4. The van der Waals surface area contributed by atoms with E-state index in [4.69, 9.17) is 4.74 Å². The number of fused-ring (bicyclic) bond motifs is 1. The third kappa shape index (κ3) is 6.79. The second kappa shape index (κ2) is 12.2. The van der Waals surface area contributed by atoms with Gasteiger partial charge in [-0.25, -0.2) is 0 Å². The van der Waals surface area contributed by atoms with Gasteiger partial charge >= 0.3 is 0 Å². The standard InChI is InChI=1S/C22H31N3O4.2C2H6/c1-6-22(4,5)29-13-21(2,3)24-15-10-7-9-14-17(15)20(28)25(19(14)27)16-11-8-12-23-18(16)26;2*1-2/h7,9-10,16,24H,6,8,11-13H2,1-5H3,(H,23,26);2*1-2H3. The summed E-state index contributed by atoms with van der Waals surface area (Å²) < 4.78 is 6.04. The number of rotatable bonds is 7. The summed E-state index contributed by atoms with van der Waals surface area (Å²) in [7, 11) is 0. The molecule has 3 rings (SSSR count). The first-order chi connectivity index (χ1) is 15.6. The zero-order valence-corrected chi connectivity index (χ0v) is 21.9. The van der Waals surface area contributed by atoms with E-state index in [-0.39, 0.29) is 11.5 Å². The van der Waals surface area contributed by atoms with E-state index >= 15 is 0 Å². The first kappa shape index (κ1) is 28.6. The summed E-state index contributed by atoms with van der Waals surface area (Å²) in [6.45, 7) is 19.2. The minimum Gasteiger partial charge on any atom is -0.377 e. The van der Waals surface area contributed by atoms with Gasteiger partial charge in [-0.1, -0.05) is 40.7 Å². The van der Waals surface area contributed by atoms with Crippen molar-refractivity contribution in [1.82, 2.24) is 10.2 Å². The van der Waals surface area contributed by atoms with Gasteiger partial charge in [-0.15, -0.1) is 0 Å². The highest BCUT2D eigenvalue weighted by atomic mass is 16.5. The van der Waals surface area contributed by atoms with Crippen LogP contribution >= 0.6 is 0 Å². The molecule has 2 N–H and O–H groups in total. The summed E-state index contributed by atoms with van der Waals surface area (Å²) in [5.41, 5.74) is 0.555. The average molecular weight is 462 g/mol. The number of imide groups is 1. The van der Waals surface area contributed by atoms with Crippen LogP contribution in [0.2, 0.25) is 0 Å². The topological polar surface area (TPSA) is 87.7 Å². The quantitative estimate of drug-likeness (QED) is 0.557. The molecule has 2 heterocycles. The Labute approximate surface area is 199 Å². The molecule has 2 aliphatic heterocycles. The van der Waals surface area contributed by atoms with E-state index in [1.165, 1.54) is 0 Å². The van der Waals surface area contributed by atoms with Crippen molar-refractivity contribution >= 4 is 23.4 Å². The van der Waals surface area contributed by atoms with Gasteiger partial charge < -0.3 is 15.4 Å². The zero-order chi connectivity index (χ0) is 25.4. The molecule has 1 fully saturated rings. The van der Waals surface area contributed by atoms with Crippen LogP contribution in [0.15, 0.2) is 18.2 Å². The molecule has 2 aliphatic rings. The van der Waals surface area contributed by atoms with Gasteiger partial charge in [0.2, 0.25) is 5.91 Å². The predicted octanol–water partition coefficient (Wildman–Crippen LogP) is 5.01. The lowest BCUT2D eigenvalue weighted by molar-refractivity contribution is -0.126. The van der Waals surface area contributed by atoms with E-state index < -0.39 is 23.4 Å². The molecule has 1 atom stereocenters. The maximum Gasteiger partial charge on any atom is 0.264 e. The number of hydrogen-bond donors (Lipinski definition) is 2. The number of piperidine rings is 1. The van der Waals surface area contributed by atoms with Crippen molar-refractivity contribution in [2.45, 2.75) is 98.8 Å². The molecule has 1 saturated heterocycles. The Kier molecular flexibility index (Phi) is 10.6. The van der Waals surface area contributed by atoms with Gasteiger partial charge in [0.05, 0.1) is 28.9 Å². The number of nitrogens with zero attached hydrogens (tertiary/aromatic N) is 1. The lowest BCUT2D eigenvalue weighted by atomic mass is 10.0. The van der Waals surface area contributed by atoms with Gasteiger partial charge in [0.25, 0.3) is 11.8 Å². The van der Waals surface area contributed by atoms with E-state index in [1.807, 2.05) is 55.4 Å². The monoisotopic (exact) mass is 461 g/mol. The van der Waals surface area contributed by atoms with Gasteiger partial charge in [-0.3, -0.25) is 19.3 Å². The Morgan fingerprint density at radius 3 is 2.27 bits per heavy atom. The number of nitrogens with one attached hydrogen (secondary N) is 2. The number of carbonyl (C=O) groups is 3. The maximum absolute atomic E-state index is 13.2. The van der Waals surface area contributed by atoms with Crippen LogP contribution in [0.5, 0.6) is 0 Å². The van der Waals surface area contributed by atoms with Crippen LogP contribution in [-0.2, 0) is 9.53 Å². The minimum atomic E-state index is -0.745. The first-order valence-corrected chi connectivity index (χ1v) is 12.3. The summed E-state index contributed by atoms with van der Waals surface area (Å²) in [6.07, 6.45) is 2.12. The van der Waals surface area contributed by atoms with E-state index in [1.54, 1.807) is 18.2 Å². The van der Waals surface area contributed by atoms with E-state index in [9.17, 15) is 14.4 Å². The number of ether oxygens (including phenoxy) is 1. The van der Waals surface area contributed by atoms with Gasteiger partial charge in [0.15, 0.2) is 0 Å². The third-order valence-electron chi connectivity index (χ3n) is 5.66. The van der Waals surface area contributed by atoms with Gasteiger partial charge in [0.1, 0.15) is 6.04 Å². The highest BCUT2D eigenvalue weighted by Gasteiger charge is 2.45. The van der Waals surface area contributed by atoms with E-state index in [2.05, 4.69) is 17.6 Å². The molecule has 33 heavy (non-hydrogen) atoms. The van der Waals surface area contributed by atoms with E-state index in [0.29, 0.717) is 36.4 Å². The molecule has 0 aromatic heterocycles. The maximum atomic E-state index is 13.2. The van der Waals surface area contributed by atoms with Crippen molar-refractivity contribution in [3.05, 3.63) is 29.3 Å². The molecule has 0 aliphatic carbocycles. The minimum absolute atomic E-state index is 0.242. The van der Waals surface area contributed by atoms with Crippen LogP contribution in [0.3, 0.4) is 0 Å². The van der Waals surface area contributed by atoms with Crippen LogP contribution in [0.4, 0.5) is 5.69 Å². The van der Waals surface area contributed by atoms with Crippen molar-refractivity contribution in [2.75, 3.05) is 18.5 Å². The Morgan fingerprint density at radius 1 is 1.06 bits per heavy atom. The smallest absolute Gasteiger partial charge is 0.264 e. The number of anilines is 1. The van der Waals surface area contributed by atoms with E-state index in [0.717, 1.165) is 17.7 Å². The highest BCUT2D eigenvalue weighted by molar-refractivity contribution is 6.25. The Morgan fingerprint density at radius 2 is 1.70 bits per heavy atom. The van der Waals surface area contributed by atoms with Crippen molar-refractivity contribution in [1.29, 1.82) is 0 Å². The number of amides is 3. The highest BCUT2D eigenvalue weighted by Crippen LogP contribution is 2.33. The van der Waals surface area contributed by atoms with Gasteiger partial charge in [-0.2, -0.15) is 0 Å². The van der Waals surface area contributed by atoms with Crippen molar-refractivity contribution in [2.24, 2.45) is 0 Å². The molecule has 0 spiro atoms. The normalized spacial score (nSPS) is 17.9. The van der Waals surface area contributed by atoms with Gasteiger partial charge in [-0.05, 0) is 59.1 Å². The lowest BCUT2D eigenvalue weighted by Crippen LogP contribution is -2.52. The summed E-state index contributed by atoms with van der Waals surface area (Å²) >= 11 is 0. The fourth-order valence-corrected chi connectivity index (χ4v) is 3.57. The van der Waals surface area contributed by atoms with Crippen LogP contribution in [0.25, 0.3) is 0 Å². The average Bonchev–Trinajstić information content (AvgIpc) is 3.06. The number of hydrogen-bond acceptors (Lipinski definition) is 5.